The van der Waals surface area contributed by atoms with E-state index in [1.165, 1.54) is 0 Å². The lowest BCUT2D eigenvalue weighted by atomic mass is 10.1. The molecule has 1 N–H and O–H groups in total. The average molecular weight is 426 g/mol. The van der Waals surface area contributed by atoms with Gasteiger partial charge in [0.1, 0.15) is 0 Å². The molecule has 2 amide bonds. The molecule has 0 unspecified atom stereocenters. The van der Waals surface area contributed by atoms with Crippen LogP contribution in [0.4, 0.5) is 5.69 Å². The Bertz CT molecular complexity index is 938. The van der Waals surface area contributed by atoms with Gasteiger partial charge in [-0.2, -0.15) is 0 Å². The molecule has 2 aromatic rings. The van der Waals surface area contributed by atoms with Crippen LogP contribution in [0.2, 0.25) is 0 Å². The predicted molar refractivity (Wildman–Crippen MR) is 115 cm³/mol. The van der Waals surface area contributed by atoms with Crippen LogP contribution in [0, 0.1) is 0 Å². The molecule has 0 spiro atoms. The molecule has 0 radical (unpaired) electrons. The third-order valence-electron chi connectivity index (χ3n) is 4.78. The largest absolute Gasteiger partial charge is 0.490 e. The van der Waals surface area contributed by atoms with Gasteiger partial charge in [-0.25, -0.2) is 4.79 Å². The van der Waals surface area contributed by atoms with E-state index in [0.29, 0.717) is 49.1 Å². The van der Waals surface area contributed by atoms with Gasteiger partial charge >= 0.3 is 5.97 Å². The summed E-state index contributed by atoms with van der Waals surface area (Å²) in [6.45, 7) is 5.72. The zero-order valence-electron chi connectivity index (χ0n) is 17.7. The highest BCUT2D eigenvalue weighted by Crippen LogP contribution is 2.30. The summed E-state index contributed by atoms with van der Waals surface area (Å²) in [5.74, 6) is -0.117. The maximum Gasteiger partial charge on any atom is 0.338 e. The van der Waals surface area contributed by atoms with Gasteiger partial charge in [-0.3, -0.25) is 9.59 Å². The molecule has 0 saturated carbocycles. The first-order valence-corrected chi connectivity index (χ1v) is 10.3. The average Bonchev–Trinajstić information content (AvgIpc) is 3.03. The van der Waals surface area contributed by atoms with Crippen LogP contribution in [0.15, 0.2) is 42.5 Å². The lowest BCUT2D eigenvalue weighted by molar-refractivity contribution is -0.119. The summed E-state index contributed by atoms with van der Waals surface area (Å²) in [4.78, 5) is 38.5. The van der Waals surface area contributed by atoms with Gasteiger partial charge in [0.05, 0.1) is 18.8 Å². The van der Waals surface area contributed by atoms with E-state index < -0.39 is 18.5 Å². The molecular formula is C23H26N2O6. The van der Waals surface area contributed by atoms with Gasteiger partial charge in [-0.05, 0) is 56.3 Å². The number of amides is 2. The van der Waals surface area contributed by atoms with Crippen LogP contribution in [0.3, 0.4) is 0 Å². The molecular weight excluding hydrogens is 400 g/mol. The number of hydrogen-bond acceptors (Lipinski definition) is 6. The zero-order valence-corrected chi connectivity index (χ0v) is 17.7. The second-order valence-electron chi connectivity index (χ2n) is 6.89. The van der Waals surface area contributed by atoms with Crippen molar-refractivity contribution in [2.45, 2.75) is 20.3 Å². The van der Waals surface area contributed by atoms with Crippen molar-refractivity contribution in [2.75, 3.05) is 38.2 Å². The summed E-state index contributed by atoms with van der Waals surface area (Å²) in [7, 11) is 0. The molecule has 1 aliphatic heterocycles. The van der Waals surface area contributed by atoms with Crippen LogP contribution in [-0.2, 0) is 9.53 Å². The van der Waals surface area contributed by atoms with Crippen molar-refractivity contribution in [1.29, 1.82) is 0 Å². The molecule has 0 aromatic heterocycles. The van der Waals surface area contributed by atoms with Crippen molar-refractivity contribution >= 4 is 23.5 Å². The Balaban J connectivity index is 1.52. The van der Waals surface area contributed by atoms with Gasteiger partial charge in [0.15, 0.2) is 18.1 Å². The molecule has 31 heavy (non-hydrogen) atoms. The van der Waals surface area contributed by atoms with Crippen molar-refractivity contribution in [3.63, 3.8) is 0 Å². The van der Waals surface area contributed by atoms with Gasteiger partial charge in [-0.1, -0.05) is 0 Å². The van der Waals surface area contributed by atoms with Gasteiger partial charge in [0.2, 0.25) is 0 Å². The van der Waals surface area contributed by atoms with E-state index in [2.05, 4.69) is 5.32 Å². The van der Waals surface area contributed by atoms with E-state index >= 15 is 0 Å². The van der Waals surface area contributed by atoms with E-state index in [9.17, 15) is 14.4 Å². The molecule has 164 valence electrons. The quantitative estimate of drug-likeness (QED) is 0.684. The third kappa shape index (κ3) is 5.75. The summed E-state index contributed by atoms with van der Waals surface area (Å²) >= 11 is 0. The molecule has 8 heteroatoms. The summed E-state index contributed by atoms with van der Waals surface area (Å²) in [6, 6.07) is 11.4. The summed E-state index contributed by atoms with van der Waals surface area (Å²) in [5, 5.41) is 2.64. The number of fused-ring (bicyclic) bond motifs is 1. The van der Waals surface area contributed by atoms with Crippen molar-refractivity contribution in [3.8, 4) is 11.5 Å². The highest BCUT2D eigenvalue weighted by molar-refractivity contribution is 5.97. The van der Waals surface area contributed by atoms with E-state index in [-0.39, 0.29) is 11.5 Å². The molecule has 1 heterocycles. The fourth-order valence-corrected chi connectivity index (χ4v) is 3.09. The Kier molecular flexibility index (Phi) is 7.48. The summed E-state index contributed by atoms with van der Waals surface area (Å²) in [5.41, 5.74) is 1.33. The zero-order chi connectivity index (χ0) is 22.2. The first-order valence-electron chi connectivity index (χ1n) is 10.3. The second-order valence-corrected chi connectivity index (χ2v) is 6.89. The predicted octanol–water partition coefficient (Wildman–Crippen LogP) is 3.13. The smallest absolute Gasteiger partial charge is 0.338 e. The van der Waals surface area contributed by atoms with E-state index in [1.807, 2.05) is 13.8 Å². The second kappa shape index (κ2) is 10.5. The van der Waals surface area contributed by atoms with Crippen molar-refractivity contribution in [1.82, 2.24) is 4.90 Å². The molecule has 1 aliphatic rings. The minimum Gasteiger partial charge on any atom is -0.490 e. The van der Waals surface area contributed by atoms with Crippen LogP contribution in [0.1, 0.15) is 41.0 Å². The Morgan fingerprint density at radius 3 is 2.26 bits per heavy atom. The number of rotatable bonds is 7. The molecule has 0 bridgehead atoms. The number of carbonyl (C=O) groups is 3. The number of carbonyl (C=O) groups excluding carboxylic acids is 3. The maximum atomic E-state index is 12.3. The summed E-state index contributed by atoms with van der Waals surface area (Å²) in [6.07, 6.45) is 0.763. The monoisotopic (exact) mass is 426 g/mol. The van der Waals surface area contributed by atoms with Crippen LogP contribution in [-0.4, -0.2) is 55.6 Å². The molecule has 0 aliphatic carbocycles. The van der Waals surface area contributed by atoms with Gasteiger partial charge in [-0.15, -0.1) is 0 Å². The highest BCUT2D eigenvalue weighted by atomic mass is 16.5. The van der Waals surface area contributed by atoms with Crippen molar-refractivity contribution in [3.05, 3.63) is 53.6 Å². The normalized spacial score (nSPS) is 12.5. The number of ether oxygens (including phenoxy) is 3. The van der Waals surface area contributed by atoms with Crippen LogP contribution < -0.4 is 14.8 Å². The van der Waals surface area contributed by atoms with E-state index in [4.69, 9.17) is 14.2 Å². The van der Waals surface area contributed by atoms with Crippen LogP contribution in [0.5, 0.6) is 11.5 Å². The lowest BCUT2D eigenvalue weighted by Gasteiger charge is -2.18. The van der Waals surface area contributed by atoms with E-state index in [1.54, 1.807) is 47.4 Å². The van der Waals surface area contributed by atoms with Gasteiger partial charge in [0, 0.05) is 30.8 Å². The minimum absolute atomic E-state index is 0.0630. The molecule has 3 rings (SSSR count). The van der Waals surface area contributed by atoms with Crippen molar-refractivity contribution in [2.24, 2.45) is 0 Å². The Labute approximate surface area is 181 Å². The van der Waals surface area contributed by atoms with Gasteiger partial charge in [0.25, 0.3) is 11.8 Å². The SMILES string of the molecule is CCN(CC)C(=O)c1ccc(NC(=O)COC(=O)c2ccc3c(c2)OCCCO3)cc1. The highest BCUT2D eigenvalue weighted by Gasteiger charge is 2.16. The number of nitrogens with zero attached hydrogens (tertiary/aromatic N) is 1. The van der Waals surface area contributed by atoms with Gasteiger partial charge < -0.3 is 24.4 Å². The Hall–Kier alpha value is -3.55. The topological polar surface area (TPSA) is 94.2 Å². The third-order valence-corrected chi connectivity index (χ3v) is 4.78. The molecule has 2 aromatic carbocycles. The lowest BCUT2D eigenvalue weighted by Crippen LogP contribution is -2.30. The standard InChI is InChI=1S/C23H26N2O6/c1-3-25(4-2)22(27)16-6-9-18(10-7-16)24-21(26)15-31-23(28)17-8-11-19-20(14-17)30-13-5-12-29-19/h6-11,14H,3-5,12-13,15H2,1-2H3,(H,24,26). The van der Waals surface area contributed by atoms with Crippen LogP contribution >= 0.6 is 0 Å². The fourth-order valence-electron chi connectivity index (χ4n) is 3.09. The van der Waals surface area contributed by atoms with E-state index in [0.717, 1.165) is 6.42 Å². The molecule has 0 atom stereocenters. The number of anilines is 1. The Morgan fingerprint density at radius 1 is 0.935 bits per heavy atom. The Morgan fingerprint density at radius 2 is 1.58 bits per heavy atom. The van der Waals surface area contributed by atoms with Crippen molar-refractivity contribution < 1.29 is 28.6 Å². The number of benzene rings is 2. The molecule has 0 saturated heterocycles. The molecule has 0 fully saturated rings. The first-order chi connectivity index (χ1) is 15.0. The number of esters is 1. The number of nitrogens with one attached hydrogen (secondary N) is 1. The maximum absolute atomic E-state index is 12.3. The number of hydrogen-bond donors (Lipinski definition) is 1. The fraction of sp³-hybridized carbons (Fsp3) is 0.348. The van der Waals surface area contributed by atoms with Crippen LogP contribution in [0.25, 0.3) is 0 Å². The summed E-state index contributed by atoms with van der Waals surface area (Å²) < 4.78 is 16.2. The first kappa shape index (κ1) is 22.1. The minimum atomic E-state index is -0.633. The molecule has 8 nitrogen and oxygen atoms in total.